The van der Waals surface area contributed by atoms with Gasteiger partial charge in [0.05, 0.1) is 5.69 Å². The van der Waals surface area contributed by atoms with Gasteiger partial charge in [0, 0.05) is 42.3 Å². The average Bonchev–Trinajstić information content (AvgIpc) is 2.56. The smallest absolute Gasteiger partial charge is 0.132 e. The van der Waals surface area contributed by atoms with Gasteiger partial charge in [0.1, 0.15) is 5.82 Å². The Morgan fingerprint density at radius 2 is 2.00 bits per heavy atom. The molecule has 0 aliphatic heterocycles. The summed E-state index contributed by atoms with van der Waals surface area (Å²) in [6.45, 7) is 4.56. The van der Waals surface area contributed by atoms with Crippen molar-refractivity contribution in [1.29, 1.82) is 0 Å². The molecule has 0 radical (unpaired) electrons. The number of anilines is 3. The lowest BCUT2D eigenvalue weighted by Crippen LogP contribution is -2.20. The van der Waals surface area contributed by atoms with E-state index in [0.717, 1.165) is 34.1 Å². The molecule has 5 heteroatoms. The average molecular weight is 308 g/mol. The summed E-state index contributed by atoms with van der Waals surface area (Å²) in [5.74, 6) is 0.703. The van der Waals surface area contributed by atoms with Crippen LogP contribution >= 0.6 is 0 Å². The van der Waals surface area contributed by atoms with Gasteiger partial charge in [0.2, 0.25) is 0 Å². The molecule has 0 fully saturated rings. The summed E-state index contributed by atoms with van der Waals surface area (Å²) < 4.78 is 0. The standard InChI is InChI=1S/C18H20N4O/c1-3-8-22(23)17-10-18(20-11-13(17)2)21-16-5-4-15-12-19-7-6-14(15)9-16/h4-7,9-12,23H,3,8H2,1-2H3,(H,20,21). The third-order valence-corrected chi connectivity index (χ3v) is 3.70. The van der Waals surface area contributed by atoms with Crippen molar-refractivity contribution >= 4 is 28.0 Å². The fraction of sp³-hybridized carbons (Fsp3) is 0.222. The molecule has 5 nitrogen and oxygen atoms in total. The van der Waals surface area contributed by atoms with E-state index in [4.69, 9.17) is 0 Å². The zero-order chi connectivity index (χ0) is 16.2. The molecule has 2 heterocycles. The summed E-state index contributed by atoms with van der Waals surface area (Å²) in [5, 5.41) is 16.9. The molecule has 2 N–H and O–H groups in total. The number of nitrogens with zero attached hydrogens (tertiary/aromatic N) is 3. The highest BCUT2D eigenvalue weighted by Crippen LogP contribution is 2.25. The van der Waals surface area contributed by atoms with E-state index in [1.807, 2.05) is 44.3 Å². The predicted molar refractivity (Wildman–Crippen MR) is 93.4 cm³/mol. The number of aryl methyl sites for hydroxylation is 1. The van der Waals surface area contributed by atoms with E-state index < -0.39 is 0 Å². The Labute approximate surface area is 135 Å². The molecular formula is C18H20N4O. The van der Waals surface area contributed by atoms with Gasteiger partial charge in [-0.1, -0.05) is 13.0 Å². The number of hydrogen-bond donors (Lipinski definition) is 2. The minimum atomic E-state index is 0.591. The van der Waals surface area contributed by atoms with Crippen molar-refractivity contribution < 1.29 is 5.21 Å². The molecule has 0 spiro atoms. The maximum absolute atomic E-state index is 10.1. The lowest BCUT2D eigenvalue weighted by Gasteiger charge is -2.19. The number of fused-ring (bicyclic) bond motifs is 1. The third-order valence-electron chi connectivity index (χ3n) is 3.70. The van der Waals surface area contributed by atoms with Crippen molar-refractivity contribution in [1.82, 2.24) is 9.97 Å². The van der Waals surface area contributed by atoms with Crippen LogP contribution in [0.3, 0.4) is 0 Å². The van der Waals surface area contributed by atoms with Crippen molar-refractivity contribution in [3.63, 3.8) is 0 Å². The number of rotatable bonds is 5. The van der Waals surface area contributed by atoms with Gasteiger partial charge in [-0.25, -0.2) is 4.98 Å². The largest absolute Gasteiger partial charge is 0.340 e. The molecule has 0 aliphatic rings. The second-order valence-corrected chi connectivity index (χ2v) is 5.54. The van der Waals surface area contributed by atoms with Crippen LogP contribution in [-0.2, 0) is 0 Å². The Bertz CT molecular complexity index is 819. The van der Waals surface area contributed by atoms with Crippen LogP contribution in [0.1, 0.15) is 18.9 Å². The van der Waals surface area contributed by atoms with Crippen LogP contribution in [0.15, 0.2) is 48.9 Å². The maximum Gasteiger partial charge on any atom is 0.132 e. The highest BCUT2D eigenvalue weighted by atomic mass is 16.5. The Morgan fingerprint density at radius 1 is 1.13 bits per heavy atom. The zero-order valence-corrected chi connectivity index (χ0v) is 13.3. The van der Waals surface area contributed by atoms with E-state index in [1.165, 1.54) is 5.06 Å². The first-order valence-corrected chi connectivity index (χ1v) is 7.71. The van der Waals surface area contributed by atoms with Crippen LogP contribution in [0, 0.1) is 6.92 Å². The van der Waals surface area contributed by atoms with Gasteiger partial charge in [-0.3, -0.25) is 15.3 Å². The first-order chi connectivity index (χ1) is 11.2. The van der Waals surface area contributed by atoms with Crippen LogP contribution in [0.2, 0.25) is 0 Å². The summed E-state index contributed by atoms with van der Waals surface area (Å²) in [6.07, 6.45) is 6.26. The first-order valence-electron chi connectivity index (χ1n) is 7.71. The van der Waals surface area contributed by atoms with Crippen LogP contribution in [0.5, 0.6) is 0 Å². The minimum Gasteiger partial charge on any atom is -0.340 e. The Balaban J connectivity index is 1.87. The summed E-state index contributed by atoms with van der Waals surface area (Å²) in [4.78, 5) is 8.51. The molecule has 23 heavy (non-hydrogen) atoms. The van der Waals surface area contributed by atoms with Crippen LogP contribution in [-0.4, -0.2) is 21.7 Å². The summed E-state index contributed by atoms with van der Waals surface area (Å²) in [7, 11) is 0. The van der Waals surface area contributed by atoms with Crippen LogP contribution < -0.4 is 10.4 Å². The van der Waals surface area contributed by atoms with E-state index in [-0.39, 0.29) is 0 Å². The Morgan fingerprint density at radius 3 is 2.83 bits per heavy atom. The van der Waals surface area contributed by atoms with Gasteiger partial charge < -0.3 is 5.32 Å². The fourth-order valence-electron chi connectivity index (χ4n) is 2.50. The van der Waals surface area contributed by atoms with Gasteiger partial charge in [0.25, 0.3) is 0 Å². The van der Waals surface area contributed by atoms with Crippen molar-refractivity contribution in [2.24, 2.45) is 0 Å². The molecule has 2 aromatic heterocycles. The lowest BCUT2D eigenvalue weighted by molar-refractivity contribution is 0.253. The third kappa shape index (κ3) is 3.40. The maximum atomic E-state index is 10.1. The molecule has 0 atom stereocenters. The van der Waals surface area contributed by atoms with Gasteiger partial charge in [-0.05, 0) is 42.5 Å². The molecule has 0 saturated heterocycles. The molecule has 0 amide bonds. The number of aromatic nitrogens is 2. The highest BCUT2D eigenvalue weighted by molar-refractivity contribution is 5.85. The summed E-state index contributed by atoms with van der Waals surface area (Å²) >= 11 is 0. The Kier molecular flexibility index (Phi) is 4.39. The van der Waals surface area contributed by atoms with Gasteiger partial charge in [0.15, 0.2) is 0 Å². The van der Waals surface area contributed by atoms with E-state index in [0.29, 0.717) is 12.4 Å². The second-order valence-electron chi connectivity index (χ2n) is 5.54. The number of nitrogens with one attached hydrogen (secondary N) is 1. The van der Waals surface area contributed by atoms with Crippen LogP contribution in [0.25, 0.3) is 10.8 Å². The molecule has 0 saturated carbocycles. The van der Waals surface area contributed by atoms with E-state index in [1.54, 1.807) is 12.4 Å². The normalized spacial score (nSPS) is 10.7. The molecule has 3 rings (SSSR count). The molecule has 3 aromatic rings. The van der Waals surface area contributed by atoms with E-state index >= 15 is 0 Å². The molecule has 0 bridgehead atoms. The highest BCUT2D eigenvalue weighted by Gasteiger charge is 2.08. The molecule has 1 aromatic carbocycles. The summed E-state index contributed by atoms with van der Waals surface area (Å²) in [6, 6.07) is 9.91. The van der Waals surface area contributed by atoms with Crippen LogP contribution in [0.4, 0.5) is 17.2 Å². The van der Waals surface area contributed by atoms with Gasteiger partial charge >= 0.3 is 0 Å². The van der Waals surface area contributed by atoms with Crippen molar-refractivity contribution in [2.45, 2.75) is 20.3 Å². The Hall–Kier alpha value is -2.66. The fourth-order valence-corrected chi connectivity index (χ4v) is 2.50. The molecule has 0 aliphatic carbocycles. The number of hydroxylamine groups is 1. The second kappa shape index (κ2) is 6.62. The summed E-state index contributed by atoms with van der Waals surface area (Å²) in [5.41, 5.74) is 2.66. The topological polar surface area (TPSA) is 61.3 Å². The zero-order valence-electron chi connectivity index (χ0n) is 13.3. The number of pyridine rings is 2. The SMILES string of the molecule is CCCN(O)c1cc(Nc2ccc3cnccc3c2)ncc1C. The van der Waals surface area contributed by atoms with Gasteiger partial charge in [-0.15, -0.1) is 0 Å². The van der Waals surface area contributed by atoms with Crippen molar-refractivity contribution in [3.8, 4) is 0 Å². The molecule has 0 unspecified atom stereocenters. The molecular weight excluding hydrogens is 288 g/mol. The molecule has 118 valence electrons. The lowest BCUT2D eigenvalue weighted by atomic mass is 10.1. The van der Waals surface area contributed by atoms with E-state index in [2.05, 4.69) is 21.4 Å². The monoisotopic (exact) mass is 308 g/mol. The predicted octanol–water partition coefficient (Wildman–Crippen LogP) is 4.29. The van der Waals surface area contributed by atoms with Gasteiger partial charge in [-0.2, -0.15) is 0 Å². The number of hydrogen-bond acceptors (Lipinski definition) is 5. The van der Waals surface area contributed by atoms with Crippen molar-refractivity contribution in [3.05, 3.63) is 54.5 Å². The number of benzene rings is 1. The van der Waals surface area contributed by atoms with Crippen molar-refractivity contribution in [2.75, 3.05) is 16.9 Å². The van der Waals surface area contributed by atoms with E-state index in [9.17, 15) is 5.21 Å². The minimum absolute atomic E-state index is 0.591. The quantitative estimate of drug-likeness (QED) is 0.689. The first kappa shape index (κ1) is 15.2.